The number of hydrogen-bond donors (Lipinski definition) is 3. The topological polar surface area (TPSA) is 83.6 Å². The highest BCUT2D eigenvalue weighted by Gasteiger charge is 2.29. The fourth-order valence-electron chi connectivity index (χ4n) is 3.10. The Kier molecular flexibility index (Phi) is 16.4. The van der Waals surface area contributed by atoms with Crippen LogP contribution in [0.25, 0.3) is 0 Å². The Morgan fingerprint density at radius 3 is 1.36 bits per heavy atom. The van der Waals surface area contributed by atoms with Crippen LogP contribution in [0.5, 0.6) is 0 Å². The third-order valence-corrected chi connectivity index (χ3v) is 4.85. The molecule has 0 aromatic heterocycles. The molecule has 25 heavy (non-hydrogen) atoms. The molecule has 0 heterocycles. The van der Waals surface area contributed by atoms with E-state index in [1.54, 1.807) is 0 Å². The van der Waals surface area contributed by atoms with E-state index in [2.05, 4.69) is 6.92 Å². The van der Waals surface area contributed by atoms with Crippen LogP contribution in [0.15, 0.2) is 0 Å². The molecule has 0 rings (SSSR count). The van der Waals surface area contributed by atoms with E-state index in [0.29, 0.717) is 6.42 Å². The lowest BCUT2D eigenvalue weighted by Gasteiger charge is -2.16. The van der Waals surface area contributed by atoms with Gasteiger partial charge in [0.2, 0.25) is 5.79 Å². The Labute approximate surface area is 155 Å². The SMILES string of the molecule is CCCCCCCCCCCCCCCCCC[CH]C(O)(O)C(N)=O. The van der Waals surface area contributed by atoms with Gasteiger partial charge in [0.25, 0.3) is 5.91 Å². The first-order chi connectivity index (χ1) is 12.0. The quantitative estimate of drug-likeness (QED) is 0.225. The average Bonchev–Trinajstić information content (AvgIpc) is 2.57. The van der Waals surface area contributed by atoms with Crippen LogP contribution in [0.3, 0.4) is 0 Å². The minimum absolute atomic E-state index is 0.508. The van der Waals surface area contributed by atoms with Crippen molar-refractivity contribution in [3.8, 4) is 0 Å². The number of amides is 1. The summed E-state index contributed by atoms with van der Waals surface area (Å²) in [6.07, 6.45) is 22.6. The Morgan fingerprint density at radius 2 is 1.04 bits per heavy atom. The molecule has 0 saturated heterocycles. The normalized spacial score (nSPS) is 11.8. The Morgan fingerprint density at radius 1 is 0.720 bits per heavy atom. The van der Waals surface area contributed by atoms with Gasteiger partial charge in [0.15, 0.2) is 0 Å². The zero-order valence-corrected chi connectivity index (χ0v) is 16.5. The van der Waals surface area contributed by atoms with Gasteiger partial charge in [0, 0.05) is 6.42 Å². The Hall–Kier alpha value is -0.610. The number of aliphatic hydroxyl groups is 2. The summed E-state index contributed by atoms with van der Waals surface area (Å²) in [5, 5.41) is 18.5. The average molecular weight is 357 g/mol. The van der Waals surface area contributed by atoms with Crippen molar-refractivity contribution >= 4 is 5.91 Å². The molecule has 0 unspecified atom stereocenters. The zero-order chi connectivity index (χ0) is 18.8. The van der Waals surface area contributed by atoms with Gasteiger partial charge >= 0.3 is 0 Å². The molecule has 4 nitrogen and oxygen atoms in total. The van der Waals surface area contributed by atoms with Crippen LogP contribution in [-0.2, 0) is 4.79 Å². The van der Waals surface area contributed by atoms with Crippen LogP contribution in [0.1, 0.15) is 116 Å². The molecule has 4 heteroatoms. The van der Waals surface area contributed by atoms with Gasteiger partial charge in [-0.25, -0.2) is 0 Å². The Bertz CT molecular complexity index is 306. The minimum Gasteiger partial charge on any atom is -0.365 e. The van der Waals surface area contributed by atoms with E-state index < -0.39 is 11.7 Å². The fraction of sp³-hybridized carbons (Fsp3) is 0.905. The summed E-state index contributed by atoms with van der Waals surface area (Å²) in [5.74, 6) is -3.56. The van der Waals surface area contributed by atoms with Gasteiger partial charge in [-0.15, -0.1) is 0 Å². The van der Waals surface area contributed by atoms with E-state index in [9.17, 15) is 15.0 Å². The lowest BCUT2D eigenvalue weighted by atomic mass is 10.0. The van der Waals surface area contributed by atoms with Crippen molar-refractivity contribution in [3.63, 3.8) is 0 Å². The first-order valence-corrected chi connectivity index (χ1v) is 10.6. The van der Waals surface area contributed by atoms with Crippen LogP contribution in [0, 0.1) is 6.42 Å². The highest BCUT2D eigenvalue weighted by molar-refractivity contribution is 5.82. The van der Waals surface area contributed by atoms with E-state index >= 15 is 0 Å². The monoisotopic (exact) mass is 356 g/mol. The molecule has 0 aromatic rings. The molecule has 1 amide bonds. The van der Waals surface area contributed by atoms with Crippen LogP contribution >= 0.6 is 0 Å². The molecular formula is C21H42NO3. The maximum Gasteiger partial charge on any atom is 0.277 e. The molecule has 0 bridgehead atoms. The number of primary amides is 1. The summed E-state index contributed by atoms with van der Waals surface area (Å²) in [6, 6.07) is 0. The molecule has 149 valence electrons. The predicted octanol–water partition coefficient (Wildman–Crippen LogP) is 5.01. The number of unbranched alkanes of at least 4 members (excludes halogenated alkanes) is 16. The van der Waals surface area contributed by atoms with Gasteiger partial charge in [0.1, 0.15) is 0 Å². The number of carbonyl (C=O) groups is 1. The first-order valence-electron chi connectivity index (χ1n) is 10.6. The third kappa shape index (κ3) is 16.6. The molecule has 0 aliphatic rings. The number of carbonyl (C=O) groups excluding carboxylic acids is 1. The summed E-state index contributed by atoms with van der Waals surface area (Å²) < 4.78 is 0. The maximum absolute atomic E-state index is 10.7. The first kappa shape index (κ1) is 24.4. The largest absolute Gasteiger partial charge is 0.365 e. The fourth-order valence-corrected chi connectivity index (χ4v) is 3.10. The van der Waals surface area contributed by atoms with Gasteiger partial charge in [-0.3, -0.25) is 4.79 Å². The van der Waals surface area contributed by atoms with Crippen LogP contribution in [0.2, 0.25) is 0 Å². The molecule has 0 fully saturated rings. The van der Waals surface area contributed by atoms with Gasteiger partial charge in [0.05, 0.1) is 0 Å². The molecule has 1 radical (unpaired) electrons. The standard InChI is InChI=1S/C21H42NO3/c1-2-3-4-5-6-7-8-9-10-11-12-13-14-15-16-17-18-19-21(24,25)20(22)23/h19,24-25H,2-18H2,1H3,(H2,22,23). The van der Waals surface area contributed by atoms with E-state index in [1.165, 1.54) is 96.3 Å². The van der Waals surface area contributed by atoms with Crippen LogP contribution < -0.4 is 5.73 Å². The molecule has 0 aliphatic heterocycles. The zero-order valence-electron chi connectivity index (χ0n) is 16.5. The molecule has 0 atom stereocenters. The van der Waals surface area contributed by atoms with E-state index in [4.69, 9.17) is 5.73 Å². The second-order valence-electron chi connectivity index (χ2n) is 7.39. The molecule has 0 saturated carbocycles. The molecule has 0 aromatic carbocycles. The highest BCUT2D eigenvalue weighted by atomic mass is 16.5. The predicted molar refractivity (Wildman–Crippen MR) is 105 cm³/mol. The number of hydrogen-bond acceptors (Lipinski definition) is 3. The maximum atomic E-state index is 10.7. The van der Waals surface area contributed by atoms with Crippen molar-refractivity contribution < 1.29 is 15.0 Å². The highest BCUT2D eigenvalue weighted by Crippen LogP contribution is 2.15. The Balaban J connectivity index is 3.13. The lowest BCUT2D eigenvalue weighted by molar-refractivity contribution is -0.170. The molecular weight excluding hydrogens is 314 g/mol. The van der Waals surface area contributed by atoms with Gasteiger partial charge in [-0.1, -0.05) is 110 Å². The second-order valence-corrected chi connectivity index (χ2v) is 7.39. The minimum atomic E-state index is -2.45. The van der Waals surface area contributed by atoms with Crippen LogP contribution in [0.4, 0.5) is 0 Å². The summed E-state index contributed by atoms with van der Waals surface area (Å²) >= 11 is 0. The van der Waals surface area contributed by atoms with Gasteiger partial charge in [-0.05, 0) is 6.42 Å². The third-order valence-electron chi connectivity index (χ3n) is 4.85. The van der Waals surface area contributed by atoms with E-state index in [0.717, 1.165) is 12.8 Å². The van der Waals surface area contributed by atoms with Crippen LogP contribution in [-0.4, -0.2) is 21.9 Å². The van der Waals surface area contributed by atoms with Crippen molar-refractivity contribution in [3.05, 3.63) is 6.42 Å². The molecule has 0 aliphatic carbocycles. The number of nitrogens with two attached hydrogens (primary N) is 1. The van der Waals surface area contributed by atoms with E-state index in [1.807, 2.05) is 0 Å². The molecule has 4 N–H and O–H groups in total. The van der Waals surface area contributed by atoms with Gasteiger partial charge in [-0.2, -0.15) is 0 Å². The summed E-state index contributed by atoms with van der Waals surface area (Å²) in [5.41, 5.74) is 4.87. The van der Waals surface area contributed by atoms with Gasteiger partial charge < -0.3 is 15.9 Å². The summed E-state index contributed by atoms with van der Waals surface area (Å²) in [7, 11) is 0. The van der Waals surface area contributed by atoms with Crippen molar-refractivity contribution in [2.75, 3.05) is 0 Å². The number of rotatable bonds is 19. The van der Waals surface area contributed by atoms with E-state index in [-0.39, 0.29) is 0 Å². The smallest absolute Gasteiger partial charge is 0.277 e. The molecule has 0 spiro atoms. The van der Waals surface area contributed by atoms with Crippen molar-refractivity contribution in [2.45, 2.75) is 122 Å². The van der Waals surface area contributed by atoms with Crippen molar-refractivity contribution in [1.29, 1.82) is 0 Å². The second kappa shape index (κ2) is 16.8. The van der Waals surface area contributed by atoms with Crippen molar-refractivity contribution in [2.24, 2.45) is 5.73 Å². The summed E-state index contributed by atoms with van der Waals surface area (Å²) in [6.45, 7) is 2.27. The summed E-state index contributed by atoms with van der Waals surface area (Å²) in [4.78, 5) is 10.7. The van der Waals surface area contributed by atoms with Crippen molar-refractivity contribution in [1.82, 2.24) is 0 Å². The lowest BCUT2D eigenvalue weighted by Crippen LogP contribution is -2.44.